The Morgan fingerprint density at radius 1 is 1.53 bits per heavy atom. The molecular weight excluding hydrogens is 252 g/mol. The highest BCUT2D eigenvalue weighted by molar-refractivity contribution is 7.11. The second-order valence-electron chi connectivity index (χ2n) is 3.72. The van der Waals surface area contributed by atoms with Crippen LogP contribution in [0, 0.1) is 6.92 Å². The molecular formula is C12H14N2OS2. The summed E-state index contributed by atoms with van der Waals surface area (Å²) in [6.07, 6.45) is 3.20. The maximum Gasteiger partial charge on any atom is 0.220 e. The van der Waals surface area contributed by atoms with Gasteiger partial charge in [-0.3, -0.25) is 4.79 Å². The maximum absolute atomic E-state index is 11.6. The average Bonchev–Trinajstić information content (AvgIpc) is 2.95. The van der Waals surface area contributed by atoms with Gasteiger partial charge in [-0.15, -0.1) is 22.7 Å². The summed E-state index contributed by atoms with van der Waals surface area (Å²) in [7, 11) is 0. The van der Waals surface area contributed by atoms with Gasteiger partial charge in [0, 0.05) is 22.4 Å². The van der Waals surface area contributed by atoms with Gasteiger partial charge in [-0.25, -0.2) is 4.98 Å². The van der Waals surface area contributed by atoms with E-state index in [1.165, 1.54) is 9.75 Å². The number of aryl methyl sites for hydroxylation is 2. The lowest BCUT2D eigenvalue weighted by Crippen LogP contribution is -2.22. The predicted molar refractivity (Wildman–Crippen MR) is 71.3 cm³/mol. The number of thiazole rings is 1. The number of nitrogens with one attached hydrogen (secondary N) is 1. The van der Waals surface area contributed by atoms with Crippen molar-refractivity contribution in [3.63, 3.8) is 0 Å². The number of hydrogen-bond donors (Lipinski definition) is 1. The maximum atomic E-state index is 11.6. The van der Waals surface area contributed by atoms with Crippen LogP contribution < -0.4 is 5.32 Å². The molecule has 0 spiro atoms. The lowest BCUT2D eigenvalue weighted by molar-refractivity contribution is -0.121. The Morgan fingerprint density at radius 3 is 3.06 bits per heavy atom. The first-order valence-electron chi connectivity index (χ1n) is 5.44. The normalized spacial score (nSPS) is 10.4. The van der Waals surface area contributed by atoms with Crippen molar-refractivity contribution in [2.75, 3.05) is 0 Å². The van der Waals surface area contributed by atoms with E-state index in [0.29, 0.717) is 13.0 Å². The first kappa shape index (κ1) is 12.3. The number of amides is 1. The van der Waals surface area contributed by atoms with E-state index in [2.05, 4.69) is 16.4 Å². The predicted octanol–water partition coefficient (Wildman–Crippen LogP) is 2.76. The molecule has 0 unspecified atom stereocenters. The zero-order chi connectivity index (χ0) is 12.1. The summed E-state index contributed by atoms with van der Waals surface area (Å²) >= 11 is 3.31. The van der Waals surface area contributed by atoms with Gasteiger partial charge >= 0.3 is 0 Å². The number of nitrogens with zero attached hydrogens (tertiary/aromatic N) is 1. The lowest BCUT2D eigenvalue weighted by atomic mass is 10.2. The second kappa shape index (κ2) is 5.93. The molecule has 0 atom stereocenters. The Kier molecular flexibility index (Phi) is 4.28. The molecule has 2 aromatic rings. The Hall–Kier alpha value is -1.20. The van der Waals surface area contributed by atoms with Crippen molar-refractivity contribution < 1.29 is 4.79 Å². The third-order valence-electron chi connectivity index (χ3n) is 2.28. The largest absolute Gasteiger partial charge is 0.350 e. The van der Waals surface area contributed by atoms with Crippen LogP contribution in [-0.4, -0.2) is 10.9 Å². The molecule has 0 aliphatic heterocycles. The molecule has 17 heavy (non-hydrogen) atoms. The fourth-order valence-corrected chi connectivity index (χ4v) is 2.87. The molecule has 1 N–H and O–H groups in total. The minimum Gasteiger partial charge on any atom is -0.350 e. The minimum atomic E-state index is 0.0891. The van der Waals surface area contributed by atoms with Crippen molar-refractivity contribution in [1.82, 2.24) is 10.3 Å². The van der Waals surface area contributed by atoms with E-state index < -0.39 is 0 Å². The zero-order valence-corrected chi connectivity index (χ0v) is 11.2. The highest BCUT2D eigenvalue weighted by atomic mass is 32.1. The molecule has 1 amide bonds. The lowest BCUT2D eigenvalue weighted by Gasteiger charge is -2.01. The third-order valence-corrected chi connectivity index (χ3v) is 4.13. The first-order chi connectivity index (χ1) is 8.24. The first-order valence-corrected chi connectivity index (χ1v) is 7.14. The molecule has 0 aliphatic carbocycles. The van der Waals surface area contributed by atoms with E-state index in [1.807, 2.05) is 24.6 Å². The van der Waals surface area contributed by atoms with E-state index in [4.69, 9.17) is 0 Å². The number of rotatable bonds is 5. The van der Waals surface area contributed by atoms with Crippen molar-refractivity contribution in [3.8, 4) is 0 Å². The second-order valence-corrected chi connectivity index (χ2v) is 6.07. The van der Waals surface area contributed by atoms with Crippen LogP contribution in [-0.2, 0) is 17.8 Å². The standard InChI is InChI=1S/C12H14N2OS2/c1-9-7-14-12(17-9)8-13-11(15)5-4-10-3-2-6-16-10/h2-3,6-7H,4-5,8H2,1H3,(H,13,15). The van der Waals surface area contributed by atoms with Gasteiger partial charge in [-0.05, 0) is 24.8 Å². The molecule has 0 saturated carbocycles. The molecule has 0 fully saturated rings. The summed E-state index contributed by atoms with van der Waals surface area (Å²) < 4.78 is 0. The van der Waals surface area contributed by atoms with E-state index in [1.54, 1.807) is 22.7 Å². The molecule has 0 bridgehead atoms. The Bertz CT molecular complexity index is 476. The van der Waals surface area contributed by atoms with Crippen molar-refractivity contribution >= 4 is 28.6 Å². The van der Waals surface area contributed by atoms with E-state index >= 15 is 0 Å². The summed E-state index contributed by atoms with van der Waals surface area (Å²) in [6, 6.07) is 4.07. The number of aromatic nitrogens is 1. The van der Waals surface area contributed by atoms with Gasteiger partial charge in [0.15, 0.2) is 0 Å². The highest BCUT2D eigenvalue weighted by Crippen LogP contribution is 2.12. The molecule has 2 heterocycles. The van der Waals surface area contributed by atoms with Crippen LogP contribution in [0.4, 0.5) is 0 Å². The Morgan fingerprint density at radius 2 is 2.41 bits per heavy atom. The summed E-state index contributed by atoms with van der Waals surface area (Å²) in [4.78, 5) is 18.2. The molecule has 3 nitrogen and oxygen atoms in total. The molecule has 0 radical (unpaired) electrons. The average molecular weight is 266 g/mol. The van der Waals surface area contributed by atoms with Gasteiger partial charge in [0.05, 0.1) is 6.54 Å². The minimum absolute atomic E-state index is 0.0891. The van der Waals surface area contributed by atoms with Crippen LogP contribution in [0.2, 0.25) is 0 Å². The third kappa shape index (κ3) is 3.94. The van der Waals surface area contributed by atoms with Crippen LogP contribution in [0.15, 0.2) is 23.7 Å². The number of hydrogen-bond acceptors (Lipinski definition) is 4. The zero-order valence-electron chi connectivity index (χ0n) is 9.60. The van der Waals surface area contributed by atoms with Gasteiger partial charge in [0.2, 0.25) is 5.91 Å². The van der Waals surface area contributed by atoms with Gasteiger partial charge in [0.25, 0.3) is 0 Å². The molecule has 2 aromatic heterocycles. The fraction of sp³-hybridized carbons (Fsp3) is 0.333. The SMILES string of the molecule is Cc1cnc(CNC(=O)CCc2cccs2)s1. The number of carbonyl (C=O) groups excluding carboxylic acids is 1. The Labute approximate surface area is 109 Å². The van der Waals surface area contributed by atoms with Crippen LogP contribution in [0.1, 0.15) is 21.2 Å². The molecule has 90 valence electrons. The van der Waals surface area contributed by atoms with Crippen molar-refractivity contribution in [3.05, 3.63) is 38.5 Å². The molecule has 0 aliphatic rings. The smallest absolute Gasteiger partial charge is 0.220 e. The van der Waals surface area contributed by atoms with Crippen LogP contribution in [0.25, 0.3) is 0 Å². The summed E-state index contributed by atoms with van der Waals surface area (Å²) in [5, 5.41) is 5.89. The number of carbonyl (C=O) groups is 1. The molecule has 0 saturated heterocycles. The Balaban J connectivity index is 1.71. The van der Waals surface area contributed by atoms with E-state index in [9.17, 15) is 4.79 Å². The topological polar surface area (TPSA) is 42.0 Å². The summed E-state index contributed by atoms with van der Waals surface area (Å²) in [6.45, 7) is 2.56. The number of thiophene rings is 1. The summed E-state index contributed by atoms with van der Waals surface area (Å²) in [5.74, 6) is 0.0891. The van der Waals surface area contributed by atoms with Gasteiger partial charge in [0.1, 0.15) is 5.01 Å². The van der Waals surface area contributed by atoms with Crippen molar-refractivity contribution in [1.29, 1.82) is 0 Å². The van der Waals surface area contributed by atoms with Crippen LogP contribution in [0.5, 0.6) is 0 Å². The van der Waals surface area contributed by atoms with Gasteiger partial charge in [-0.1, -0.05) is 6.07 Å². The molecule has 5 heteroatoms. The van der Waals surface area contributed by atoms with Gasteiger partial charge < -0.3 is 5.32 Å². The van der Waals surface area contributed by atoms with Crippen LogP contribution >= 0.6 is 22.7 Å². The van der Waals surface area contributed by atoms with Crippen molar-refractivity contribution in [2.24, 2.45) is 0 Å². The molecule has 2 rings (SSSR count). The highest BCUT2D eigenvalue weighted by Gasteiger charge is 2.04. The molecule has 0 aromatic carbocycles. The monoisotopic (exact) mass is 266 g/mol. The quantitative estimate of drug-likeness (QED) is 0.904. The van der Waals surface area contributed by atoms with E-state index in [-0.39, 0.29) is 5.91 Å². The van der Waals surface area contributed by atoms with E-state index in [0.717, 1.165) is 11.4 Å². The van der Waals surface area contributed by atoms with Gasteiger partial charge in [-0.2, -0.15) is 0 Å². The van der Waals surface area contributed by atoms with Crippen LogP contribution in [0.3, 0.4) is 0 Å². The fourth-order valence-electron chi connectivity index (χ4n) is 1.44. The van der Waals surface area contributed by atoms with Crippen molar-refractivity contribution in [2.45, 2.75) is 26.3 Å². The summed E-state index contributed by atoms with van der Waals surface area (Å²) in [5.41, 5.74) is 0.